The third-order valence-corrected chi connectivity index (χ3v) is 6.52. The van der Waals surface area contributed by atoms with Crippen LogP contribution >= 0.6 is 0 Å². The maximum absolute atomic E-state index is 13.0. The second-order valence-corrected chi connectivity index (χ2v) is 8.95. The van der Waals surface area contributed by atoms with E-state index >= 15 is 0 Å². The van der Waals surface area contributed by atoms with Crippen molar-refractivity contribution in [1.29, 1.82) is 0 Å². The van der Waals surface area contributed by atoms with Gasteiger partial charge in [0.15, 0.2) is 16.9 Å². The number of aromatic carboxylic acids is 1. The van der Waals surface area contributed by atoms with E-state index in [9.17, 15) is 36.3 Å². The molecule has 0 unspecified atom stereocenters. The van der Waals surface area contributed by atoms with Gasteiger partial charge in [0.2, 0.25) is 0 Å². The topological polar surface area (TPSA) is 124 Å². The van der Waals surface area contributed by atoms with Gasteiger partial charge >= 0.3 is 21.6 Å². The number of aromatic nitrogens is 1. The fraction of sp³-hybridized carbons (Fsp3) is 0.368. The van der Waals surface area contributed by atoms with Crippen LogP contribution in [0.15, 0.2) is 23.1 Å². The lowest BCUT2D eigenvalue weighted by Gasteiger charge is -2.33. The van der Waals surface area contributed by atoms with Crippen molar-refractivity contribution in [2.75, 3.05) is 12.5 Å². The zero-order valence-electron chi connectivity index (χ0n) is 16.5. The van der Waals surface area contributed by atoms with Crippen LogP contribution in [0.3, 0.4) is 0 Å². The molecule has 13 heteroatoms. The van der Waals surface area contributed by atoms with Crippen LogP contribution in [0.2, 0.25) is 0 Å². The number of rotatable bonds is 5. The van der Waals surface area contributed by atoms with Crippen LogP contribution in [0, 0.1) is 0 Å². The molecule has 2 aliphatic rings. The molecular formula is C19H17F3N2O7S. The number of ether oxygens (including phenoxy) is 1. The Balaban J connectivity index is 1.92. The highest BCUT2D eigenvalue weighted by atomic mass is 32.2. The van der Waals surface area contributed by atoms with Gasteiger partial charge in [-0.1, -0.05) is 6.42 Å². The third kappa shape index (κ3) is 3.45. The molecule has 2 N–H and O–H groups in total. The average molecular weight is 474 g/mol. The number of fused-ring (bicyclic) bond motifs is 3. The first-order valence-corrected chi connectivity index (χ1v) is 10.8. The molecule has 1 aliphatic heterocycles. The predicted octanol–water partition coefficient (Wildman–Crippen LogP) is 2.78. The van der Waals surface area contributed by atoms with E-state index in [4.69, 9.17) is 4.74 Å². The molecule has 2 heterocycles. The van der Waals surface area contributed by atoms with Crippen molar-refractivity contribution in [3.8, 4) is 22.8 Å². The van der Waals surface area contributed by atoms with Crippen molar-refractivity contribution in [2.24, 2.45) is 0 Å². The van der Waals surface area contributed by atoms with E-state index in [1.54, 1.807) is 0 Å². The Labute approximate surface area is 179 Å². The number of carbonyl (C=O) groups is 1. The summed E-state index contributed by atoms with van der Waals surface area (Å²) in [6.07, 6.45) is 3.38. The number of nitrogens with zero attached hydrogens (tertiary/aromatic N) is 1. The fourth-order valence-electron chi connectivity index (χ4n) is 3.79. The summed E-state index contributed by atoms with van der Waals surface area (Å²) in [5.74, 6) is -2.51. The minimum Gasteiger partial charge on any atom is -0.493 e. The maximum atomic E-state index is 13.0. The van der Waals surface area contributed by atoms with Gasteiger partial charge in [-0.05, 0) is 36.5 Å². The Morgan fingerprint density at radius 3 is 2.47 bits per heavy atom. The van der Waals surface area contributed by atoms with Crippen LogP contribution < -0.4 is 19.8 Å². The van der Waals surface area contributed by atoms with Gasteiger partial charge in [0, 0.05) is 17.3 Å². The summed E-state index contributed by atoms with van der Waals surface area (Å²) in [7, 11) is -4.80. The predicted molar refractivity (Wildman–Crippen MR) is 105 cm³/mol. The molecule has 1 aromatic carbocycles. The number of methoxy groups -OCH3 is 1. The minimum absolute atomic E-state index is 0.000783. The van der Waals surface area contributed by atoms with Gasteiger partial charge in [-0.15, -0.1) is 0 Å². The number of pyridine rings is 1. The van der Waals surface area contributed by atoms with Crippen LogP contribution in [0.4, 0.5) is 13.2 Å². The number of benzene rings is 1. The standard InChI is InChI=1S/C19H17F3N2O7S/c1-30-13-6-11-10(5-14(13)31-32(28,29)19(20,21)22)7-23-24-8-12(18(26)27)17(25)15(16(11)24)9-3-2-4-9/h5-6,8-9,23H,2-4,7H2,1H3,(H,26,27). The Morgan fingerprint density at radius 2 is 1.94 bits per heavy atom. The van der Waals surface area contributed by atoms with Crippen LogP contribution in [0.1, 0.15) is 46.7 Å². The minimum atomic E-state index is -5.93. The number of nitrogens with one attached hydrogen (secondary N) is 1. The van der Waals surface area contributed by atoms with Crippen LogP contribution in [0.5, 0.6) is 11.5 Å². The number of halogens is 3. The van der Waals surface area contributed by atoms with Gasteiger partial charge < -0.3 is 19.5 Å². The van der Waals surface area contributed by atoms with E-state index in [1.165, 1.54) is 10.7 Å². The molecule has 1 saturated carbocycles. The first-order valence-electron chi connectivity index (χ1n) is 9.43. The molecule has 0 atom stereocenters. The molecule has 0 radical (unpaired) electrons. The lowest BCUT2D eigenvalue weighted by molar-refractivity contribution is -0.0500. The molecular weight excluding hydrogens is 457 g/mol. The first kappa shape index (κ1) is 22.0. The van der Waals surface area contributed by atoms with E-state index in [-0.39, 0.29) is 23.8 Å². The third-order valence-electron chi connectivity index (χ3n) is 5.55. The maximum Gasteiger partial charge on any atom is 0.534 e. The summed E-state index contributed by atoms with van der Waals surface area (Å²) < 4.78 is 72.0. The lowest BCUT2D eigenvalue weighted by atomic mass is 9.77. The molecule has 1 aromatic heterocycles. The highest BCUT2D eigenvalue weighted by molar-refractivity contribution is 7.88. The number of hydrogen-bond acceptors (Lipinski definition) is 7. The van der Waals surface area contributed by atoms with Crippen molar-refractivity contribution in [2.45, 2.75) is 37.2 Å². The van der Waals surface area contributed by atoms with E-state index < -0.39 is 38.3 Å². The van der Waals surface area contributed by atoms with Gasteiger partial charge in [0.1, 0.15) is 5.56 Å². The van der Waals surface area contributed by atoms with Gasteiger partial charge in [-0.2, -0.15) is 21.6 Å². The molecule has 172 valence electrons. The Kier molecular flexibility index (Phi) is 5.11. The Morgan fingerprint density at radius 1 is 1.25 bits per heavy atom. The summed E-state index contributed by atoms with van der Waals surface area (Å²) >= 11 is 0. The van der Waals surface area contributed by atoms with E-state index in [0.29, 0.717) is 29.7 Å². The fourth-order valence-corrected chi connectivity index (χ4v) is 4.25. The summed E-state index contributed by atoms with van der Waals surface area (Å²) in [5, 5.41) is 9.43. The first-order chi connectivity index (χ1) is 14.9. The molecule has 0 saturated heterocycles. The largest absolute Gasteiger partial charge is 0.534 e. The Bertz CT molecular complexity index is 1280. The summed E-state index contributed by atoms with van der Waals surface area (Å²) in [6.45, 7) is 0.000783. The van der Waals surface area contributed by atoms with Crippen LogP contribution in [0.25, 0.3) is 11.3 Å². The summed E-state index contributed by atoms with van der Waals surface area (Å²) in [5.41, 5.74) is -2.40. The molecule has 32 heavy (non-hydrogen) atoms. The second kappa shape index (κ2) is 7.43. The average Bonchev–Trinajstić information content (AvgIpc) is 2.66. The number of carboxylic acid groups (broad SMARTS) is 1. The molecule has 0 spiro atoms. The highest BCUT2D eigenvalue weighted by Gasteiger charge is 2.49. The van der Waals surface area contributed by atoms with Gasteiger partial charge in [-0.3, -0.25) is 9.47 Å². The normalized spacial score (nSPS) is 15.8. The smallest absolute Gasteiger partial charge is 0.493 e. The zero-order valence-corrected chi connectivity index (χ0v) is 17.3. The zero-order chi connectivity index (χ0) is 23.4. The summed E-state index contributed by atoms with van der Waals surface area (Å²) in [4.78, 5) is 24.5. The summed E-state index contributed by atoms with van der Waals surface area (Å²) in [6, 6.07) is 2.37. The van der Waals surface area contributed by atoms with E-state index in [2.05, 4.69) is 9.61 Å². The molecule has 4 rings (SSSR count). The monoisotopic (exact) mass is 474 g/mol. The van der Waals surface area contributed by atoms with Gasteiger partial charge in [0.05, 0.1) is 19.3 Å². The SMILES string of the molecule is COc1cc2c(cc1OS(=O)(=O)C(F)(F)F)CNn1cc(C(=O)O)c(=O)c(C3CCC3)c1-2. The lowest BCUT2D eigenvalue weighted by Crippen LogP contribution is -2.33. The molecule has 1 fully saturated rings. The molecule has 2 aromatic rings. The van der Waals surface area contributed by atoms with E-state index in [0.717, 1.165) is 25.8 Å². The number of alkyl halides is 3. The van der Waals surface area contributed by atoms with E-state index in [1.807, 2.05) is 0 Å². The Hall–Kier alpha value is -3.22. The van der Waals surface area contributed by atoms with Crippen LogP contribution in [-0.4, -0.2) is 36.8 Å². The van der Waals surface area contributed by atoms with Crippen molar-refractivity contribution >= 4 is 16.1 Å². The van der Waals surface area contributed by atoms with Crippen molar-refractivity contribution in [3.05, 3.63) is 45.2 Å². The second-order valence-electron chi connectivity index (χ2n) is 7.42. The van der Waals surface area contributed by atoms with Crippen molar-refractivity contribution in [1.82, 2.24) is 4.68 Å². The van der Waals surface area contributed by atoms with Gasteiger partial charge in [-0.25, -0.2) is 4.79 Å². The quantitative estimate of drug-likeness (QED) is 0.501. The van der Waals surface area contributed by atoms with Gasteiger partial charge in [0.25, 0.3) is 0 Å². The molecule has 0 amide bonds. The molecule has 9 nitrogen and oxygen atoms in total. The molecule has 0 bridgehead atoms. The number of carboxylic acids is 1. The number of hydrogen-bond donors (Lipinski definition) is 2. The van der Waals surface area contributed by atoms with Crippen LogP contribution in [-0.2, 0) is 16.7 Å². The highest BCUT2D eigenvalue weighted by Crippen LogP contribution is 2.44. The molecule has 1 aliphatic carbocycles. The van der Waals surface area contributed by atoms with Crippen molar-refractivity contribution in [3.63, 3.8) is 0 Å². The van der Waals surface area contributed by atoms with Crippen molar-refractivity contribution < 1.29 is 40.4 Å².